The van der Waals surface area contributed by atoms with Crippen molar-refractivity contribution < 1.29 is 19.3 Å². The fraction of sp³-hybridized carbons (Fsp3) is 0.333. The van der Waals surface area contributed by atoms with Crippen molar-refractivity contribution in [2.75, 3.05) is 0 Å². The Bertz CT molecular complexity index is 970. The Morgan fingerprint density at radius 3 is 2.55 bits per heavy atom. The highest BCUT2D eigenvalue weighted by Crippen LogP contribution is 2.34. The molecule has 0 bridgehead atoms. The van der Waals surface area contributed by atoms with Gasteiger partial charge in [0.1, 0.15) is 11.9 Å². The monoisotopic (exact) mass is 412 g/mol. The van der Waals surface area contributed by atoms with Crippen molar-refractivity contribution in [1.29, 1.82) is 0 Å². The molecule has 1 aliphatic rings. The molecule has 5 heteroatoms. The molecule has 2 heterocycles. The van der Waals surface area contributed by atoms with Crippen LogP contribution >= 0.6 is 11.3 Å². The Balaban J connectivity index is 1.54. The van der Waals surface area contributed by atoms with Gasteiger partial charge in [0.2, 0.25) is 0 Å². The predicted molar refractivity (Wildman–Crippen MR) is 114 cm³/mol. The van der Waals surface area contributed by atoms with Crippen molar-refractivity contribution in [3.8, 4) is 10.4 Å². The number of thiophene rings is 1. The van der Waals surface area contributed by atoms with Gasteiger partial charge in [0.15, 0.2) is 0 Å². The number of hydrogen-bond acceptors (Lipinski definition) is 4. The topological polar surface area (TPSA) is 49.7 Å². The molecule has 2 N–H and O–H groups in total. The second-order valence-corrected chi connectivity index (χ2v) is 8.93. The Morgan fingerprint density at radius 2 is 1.83 bits per heavy atom. The lowest BCUT2D eigenvalue weighted by Gasteiger charge is -2.36. The molecule has 152 valence electrons. The molecule has 4 rings (SSSR count). The van der Waals surface area contributed by atoms with Crippen LogP contribution in [-0.2, 0) is 11.2 Å². The first-order chi connectivity index (χ1) is 13.9. The fourth-order valence-electron chi connectivity index (χ4n) is 3.79. The summed E-state index contributed by atoms with van der Waals surface area (Å²) >= 11 is 1.71. The van der Waals surface area contributed by atoms with Crippen molar-refractivity contribution in [2.24, 2.45) is 0 Å². The minimum atomic E-state index is -0.841. The van der Waals surface area contributed by atoms with E-state index >= 15 is 0 Å². The van der Waals surface area contributed by atoms with Gasteiger partial charge in [0, 0.05) is 22.6 Å². The highest BCUT2D eigenvalue weighted by atomic mass is 32.1. The van der Waals surface area contributed by atoms with Gasteiger partial charge < -0.3 is 14.9 Å². The summed E-state index contributed by atoms with van der Waals surface area (Å²) in [5.74, 6) is -0.227. The molecule has 1 aliphatic heterocycles. The van der Waals surface area contributed by atoms with Crippen LogP contribution in [0.4, 0.5) is 4.39 Å². The second kappa shape index (κ2) is 8.36. The smallest absolute Gasteiger partial charge is 0.123 e. The lowest BCUT2D eigenvalue weighted by atomic mass is 9.92. The van der Waals surface area contributed by atoms with Crippen LogP contribution in [0.15, 0.2) is 54.6 Å². The number of aliphatic hydroxyl groups is 2. The first-order valence-electron chi connectivity index (χ1n) is 9.86. The minimum absolute atomic E-state index is 0.221. The summed E-state index contributed by atoms with van der Waals surface area (Å²) in [5.41, 5.74) is 4.46. The van der Waals surface area contributed by atoms with Crippen LogP contribution in [0.1, 0.15) is 41.0 Å². The summed E-state index contributed by atoms with van der Waals surface area (Å²) in [6.07, 6.45) is -1.04. The number of rotatable bonds is 4. The van der Waals surface area contributed by atoms with Gasteiger partial charge >= 0.3 is 0 Å². The third-order valence-electron chi connectivity index (χ3n) is 5.61. The lowest BCUT2D eigenvalue weighted by Crippen LogP contribution is -2.43. The summed E-state index contributed by atoms with van der Waals surface area (Å²) in [7, 11) is 0. The molecule has 0 amide bonds. The van der Waals surface area contributed by atoms with E-state index in [0.717, 1.165) is 22.4 Å². The third kappa shape index (κ3) is 4.43. The number of benzene rings is 2. The molecule has 3 nitrogen and oxygen atoms in total. The molecule has 1 saturated heterocycles. The maximum Gasteiger partial charge on any atom is 0.123 e. The van der Waals surface area contributed by atoms with Gasteiger partial charge in [-0.15, -0.1) is 11.3 Å². The normalized spacial score (nSPS) is 24.6. The summed E-state index contributed by atoms with van der Waals surface area (Å²) in [4.78, 5) is 2.35. The zero-order chi connectivity index (χ0) is 20.5. The molecule has 29 heavy (non-hydrogen) atoms. The molecule has 1 fully saturated rings. The Hall–Kier alpha value is -2.05. The molecule has 0 spiro atoms. The van der Waals surface area contributed by atoms with Crippen LogP contribution in [0.3, 0.4) is 0 Å². The molecule has 3 aromatic rings. The van der Waals surface area contributed by atoms with Crippen LogP contribution in [0.25, 0.3) is 10.4 Å². The number of aryl methyl sites for hydroxylation is 1. The van der Waals surface area contributed by atoms with E-state index < -0.39 is 18.3 Å². The molecule has 4 atom stereocenters. The van der Waals surface area contributed by atoms with Crippen molar-refractivity contribution in [3.05, 3.63) is 82.0 Å². The largest absolute Gasteiger partial charge is 0.390 e. The average molecular weight is 413 g/mol. The van der Waals surface area contributed by atoms with Gasteiger partial charge in [-0.05, 0) is 60.4 Å². The van der Waals surface area contributed by atoms with Gasteiger partial charge in [-0.25, -0.2) is 4.39 Å². The van der Waals surface area contributed by atoms with E-state index in [1.165, 1.54) is 28.1 Å². The minimum Gasteiger partial charge on any atom is -0.390 e. The first kappa shape index (κ1) is 20.2. The molecule has 0 aliphatic carbocycles. The Morgan fingerprint density at radius 1 is 1.07 bits per heavy atom. The maximum atomic E-state index is 13.2. The highest BCUT2D eigenvalue weighted by molar-refractivity contribution is 7.15. The summed E-state index contributed by atoms with van der Waals surface area (Å²) in [6.45, 7) is 3.88. The zero-order valence-electron chi connectivity index (χ0n) is 16.5. The molecular formula is C24H25FO3S. The third-order valence-corrected chi connectivity index (χ3v) is 6.74. The van der Waals surface area contributed by atoms with Crippen molar-refractivity contribution >= 4 is 11.3 Å². The molecular weight excluding hydrogens is 387 g/mol. The van der Waals surface area contributed by atoms with Gasteiger partial charge in [-0.1, -0.05) is 30.3 Å². The Labute approximate surface area is 174 Å². The SMILES string of the molecule is Cc1ccc([C@H]2C[C@@H](O)[C@H](O)[C@@H](C)O2)cc1Cc1ccc(-c2ccc(F)cc2)s1. The quantitative estimate of drug-likeness (QED) is 0.632. The number of halogens is 1. The fourth-order valence-corrected chi connectivity index (χ4v) is 4.83. The molecule has 0 unspecified atom stereocenters. The van der Waals surface area contributed by atoms with Gasteiger partial charge in [0.05, 0.1) is 18.3 Å². The number of aliphatic hydroxyl groups excluding tert-OH is 2. The summed E-state index contributed by atoms with van der Waals surface area (Å²) < 4.78 is 19.1. The van der Waals surface area contributed by atoms with Crippen molar-refractivity contribution in [3.63, 3.8) is 0 Å². The zero-order valence-corrected chi connectivity index (χ0v) is 17.3. The van der Waals surface area contributed by atoms with E-state index in [2.05, 4.69) is 31.2 Å². The molecule has 2 aromatic carbocycles. The van der Waals surface area contributed by atoms with E-state index in [0.29, 0.717) is 6.42 Å². The first-order valence-corrected chi connectivity index (χ1v) is 10.7. The predicted octanol–water partition coefficient (Wildman–Crippen LogP) is 5.03. The van der Waals surface area contributed by atoms with E-state index in [4.69, 9.17) is 4.74 Å². The maximum absolute atomic E-state index is 13.2. The number of ether oxygens (including phenoxy) is 1. The number of hydrogen-bond donors (Lipinski definition) is 2. The average Bonchev–Trinajstić information content (AvgIpc) is 3.16. The van der Waals surface area contributed by atoms with Crippen LogP contribution in [0.2, 0.25) is 0 Å². The van der Waals surface area contributed by atoms with E-state index in [-0.39, 0.29) is 11.9 Å². The highest BCUT2D eigenvalue weighted by Gasteiger charge is 2.34. The van der Waals surface area contributed by atoms with Gasteiger partial charge in [-0.3, -0.25) is 0 Å². The van der Waals surface area contributed by atoms with Crippen LogP contribution in [-0.4, -0.2) is 28.5 Å². The van der Waals surface area contributed by atoms with Crippen LogP contribution in [0, 0.1) is 12.7 Å². The standard InChI is InChI=1S/C24H25FO3S/c1-14-3-4-17(22-13-21(26)24(27)15(2)28-22)11-18(14)12-20-9-10-23(29-20)16-5-7-19(25)8-6-16/h3-11,15,21-22,24,26-27H,12-13H2,1-2H3/t15-,21-,22-,24-/m1/s1. The summed E-state index contributed by atoms with van der Waals surface area (Å²) in [6, 6.07) is 17.1. The van der Waals surface area contributed by atoms with Crippen LogP contribution in [0.5, 0.6) is 0 Å². The van der Waals surface area contributed by atoms with E-state index in [1.54, 1.807) is 30.4 Å². The second-order valence-electron chi connectivity index (χ2n) is 7.76. The van der Waals surface area contributed by atoms with Crippen molar-refractivity contribution in [1.82, 2.24) is 0 Å². The van der Waals surface area contributed by atoms with E-state index in [1.807, 2.05) is 6.07 Å². The molecule has 0 saturated carbocycles. The lowest BCUT2D eigenvalue weighted by molar-refractivity contribution is -0.163. The van der Waals surface area contributed by atoms with Crippen molar-refractivity contribution in [2.45, 2.75) is 51.1 Å². The van der Waals surface area contributed by atoms with Crippen LogP contribution < -0.4 is 0 Å². The molecule has 1 aromatic heterocycles. The Kier molecular flexibility index (Phi) is 5.83. The van der Waals surface area contributed by atoms with E-state index in [9.17, 15) is 14.6 Å². The van der Waals surface area contributed by atoms with Gasteiger partial charge in [-0.2, -0.15) is 0 Å². The molecule has 0 radical (unpaired) electrons. The summed E-state index contributed by atoms with van der Waals surface area (Å²) in [5, 5.41) is 20.0. The van der Waals surface area contributed by atoms with Gasteiger partial charge in [0.25, 0.3) is 0 Å².